The Hall–Kier alpha value is -2.22. The Kier molecular flexibility index (Phi) is 5.58. The van der Waals surface area contributed by atoms with Crippen molar-refractivity contribution >= 4 is 5.91 Å². The van der Waals surface area contributed by atoms with Crippen LogP contribution in [0.3, 0.4) is 0 Å². The molecule has 1 aliphatic heterocycles. The first-order valence-corrected chi connectivity index (χ1v) is 11.8. The van der Waals surface area contributed by atoms with Gasteiger partial charge in [0.25, 0.3) is 5.91 Å². The number of aryl methyl sites for hydroxylation is 1. The first-order chi connectivity index (χ1) is 15.0. The summed E-state index contributed by atoms with van der Waals surface area (Å²) >= 11 is 0. The second-order valence-corrected chi connectivity index (χ2v) is 10.3. The zero-order valence-corrected chi connectivity index (χ0v) is 18.8. The lowest BCUT2D eigenvalue weighted by atomic mass is 9.77. The van der Waals surface area contributed by atoms with E-state index in [0.717, 1.165) is 56.3 Å². The minimum absolute atomic E-state index is 0.0904. The SMILES string of the molecule is Cc1[nH]ncc1C(=O)N1C[C@H]2C[C@@H](n3cc(CC(C)C)nn3)[C@H](OCC3CC3)C[C@H]2C1. The highest BCUT2D eigenvalue weighted by molar-refractivity contribution is 5.95. The van der Waals surface area contributed by atoms with E-state index in [1.807, 2.05) is 11.8 Å². The zero-order valence-electron chi connectivity index (χ0n) is 18.8. The van der Waals surface area contributed by atoms with Gasteiger partial charge in [0, 0.05) is 31.6 Å². The maximum Gasteiger partial charge on any atom is 0.257 e. The van der Waals surface area contributed by atoms with E-state index in [0.29, 0.717) is 23.3 Å². The summed E-state index contributed by atoms with van der Waals surface area (Å²) in [5, 5.41) is 15.8. The summed E-state index contributed by atoms with van der Waals surface area (Å²) in [4.78, 5) is 15.1. The number of hydrogen-bond donors (Lipinski definition) is 1. The van der Waals surface area contributed by atoms with Crippen LogP contribution in [0.2, 0.25) is 0 Å². The van der Waals surface area contributed by atoms with Crippen molar-refractivity contribution in [2.75, 3.05) is 19.7 Å². The van der Waals surface area contributed by atoms with Gasteiger partial charge in [0.2, 0.25) is 0 Å². The summed E-state index contributed by atoms with van der Waals surface area (Å²) in [6.07, 6.45) is 9.39. The van der Waals surface area contributed by atoms with Gasteiger partial charge in [0.05, 0.1) is 29.6 Å². The van der Waals surface area contributed by atoms with Crippen LogP contribution in [0.15, 0.2) is 12.4 Å². The van der Waals surface area contributed by atoms with Gasteiger partial charge in [-0.05, 0) is 62.7 Å². The van der Waals surface area contributed by atoms with Crippen LogP contribution in [-0.4, -0.2) is 61.8 Å². The number of H-pyrrole nitrogens is 1. The predicted molar refractivity (Wildman–Crippen MR) is 116 cm³/mol. The van der Waals surface area contributed by atoms with E-state index in [1.54, 1.807) is 6.20 Å². The lowest BCUT2D eigenvalue weighted by molar-refractivity contribution is -0.0375. The Labute approximate surface area is 183 Å². The zero-order chi connectivity index (χ0) is 21.5. The minimum atomic E-state index is 0.0904. The van der Waals surface area contributed by atoms with E-state index in [1.165, 1.54) is 12.8 Å². The maximum absolute atomic E-state index is 13.0. The average molecular weight is 427 g/mol. The first-order valence-electron chi connectivity index (χ1n) is 11.8. The minimum Gasteiger partial charge on any atom is -0.376 e. The molecule has 3 aliphatic rings. The Bertz CT molecular complexity index is 917. The molecule has 1 saturated heterocycles. The molecular formula is C23H34N6O2. The van der Waals surface area contributed by atoms with Crippen molar-refractivity contribution in [3.8, 4) is 0 Å². The molecule has 31 heavy (non-hydrogen) atoms. The molecule has 5 rings (SSSR count). The van der Waals surface area contributed by atoms with Crippen LogP contribution in [0.4, 0.5) is 0 Å². The van der Waals surface area contributed by atoms with Crippen LogP contribution < -0.4 is 0 Å². The van der Waals surface area contributed by atoms with Gasteiger partial charge in [-0.3, -0.25) is 9.89 Å². The lowest BCUT2D eigenvalue weighted by Gasteiger charge is -2.37. The maximum atomic E-state index is 13.0. The van der Waals surface area contributed by atoms with Crippen molar-refractivity contribution in [1.82, 2.24) is 30.1 Å². The van der Waals surface area contributed by atoms with Gasteiger partial charge in [-0.25, -0.2) is 4.68 Å². The number of likely N-dealkylation sites (tertiary alicyclic amines) is 1. The van der Waals surface area contributed by atoms with Crippen LogP contribution in [0.25, 0.3) is 0 Å². The van der Waals surface area contributed by atoms with E-state index < -0.39 is 0 Å². The molecule has 0 bridgehead atoms. The first kappa shape index (κ1) is 20.7. The monoisotopic (exact) mass is 426 g/mol. The number of ether oxygens (including phenoxy) is 1. The topological polar surface area (TPSA) is 88.9 Å². The number of aromatic amines is 1. The smallest absolute Gasteiger partial charge is 0.257 e. The van der Waals surface area contributed by atoms with Crippen molar-refractivity contribution in [3.05, 3.63) is 29.3 Å². The molecule has 8 heteroatoms. The molecule has 0 aromatic carbocycles. The van der Waals surface area contributed by atoms with Gasteiger partial charge < -0.3 is 9.64 Å². The predicted octanol–water partition coefficient (Wildman–Crippen LogP) is 3.03. The average Bonchev–Trinajstić information content (AvgIpc) is 3.10. The normalized spacial score (nSPS) is 28.3. The van der Waals surface area contributed by atoms with E-state index >= 15 is 0 Å². The van der Waals surface area contributed by atoms with Crippen LogP contribution in [0.5, 0.6) is 0 Å². The fraction of sp³-hybridized carbons (Fsp3) is 0.739. The summed E-state index contributed by atoms with van der Waals surface area (Å²) in [7, 11) is 0. The second-order valence-electron chi connectivity index (χ2n) is 10.3. The van der Waals surface area contributed by atoms with Crippen LogP contribution in [0.1, 0.15) is 67.3 Å². The molecule has 168 valence electrons. The Balaban J connectivity index is 1.32. The van der Waals surface area contributed by atoms with E-state index in [-0.39, 0.29) is 18.1 Å². The van der Waals surface area contributed by atoms with Gasteiger partial charge in [0.15, 0.2) is 0 Å². The fourth-order valence-corrected chi connectivity index (χ4v) is 5.28. The molecule has 1 amide bonds. The molecule has 2 saturated carbocycles. The van der Waals surface area contributed by atoms with E-state index in [4.69, 9.17) is 4.74 Å². The molecular weight excluding hydrogens is 392 g/mol. The Morgan fingerprint density at radius 1 is 1.26 bits per heavy atom. The lowest BCUT2D eigenvalue weighted by Crippen LogP contribution is -2.38. The van der Waals surface area contributed by atoms with Gasteiger partial charge in [-0.2, -0.15) is 5.10 Å². The molecule has 2 aromatic rings. The number of carbonyl (C=O) groups excluding carboxylic acids is 1. The highest BCUT2D eigenvalue weighted by Gasteiger charge is 2.45. The third-order valence-corrected chi connectivity index (χ3v) is 7.19. The second kappa shape index (κ2) is 8.37. The van der Waals surface area contributed by atoms with Gasteiger partial charge >= 0.3 is 0 Å². The molecule has 0 spiro atoms. The van der Waals surface area contributed by atoms with Crippen LogP contribution in [0, 0.1) is 30.6 Å². The number of rotatable bonds is 7. The van der Waals surface area contributed by atoms with Gasteiger partial charge in [-0.1, -0.05) is 19.1 Å². The standard InChI is InChI=1S/C23H34N6O2/c1-14(2)6-19-12-29(27-26-19)21-7-17-10-28(23(30)20-9-24-25-15(20)3)11-18(17)8-22(21)31-13-16-4-5-16/h9,12,14,16-18,21-22H,4-8,10-11,13H2,1-3H3,(H,24,25)/t17-,18+,21-,22-/m1/s1. The summed E-state index contributed by atoms with van der Waals surface area (Å²) in [6, 6.07) is 0.194. The molecule has 8 nitrogen and oxygen atoms in total. The summed E-state index contributed by atoms with van der Waals surface area (Å²) < 4.78 is 8.50. The number of fused-ring (bicyclic) bond motifs is 1. The highest BCUT2D eigenvalue weighted by Crippen LogP contribution is 2.43. The molecule has 0 radical (unpaired) electrons. The van der Waals surface area contributed by atoms with E-state index in [2.05, 4.69) is 45.2 Å². The Morgan fingerprint density at radius 2 is 2.03 bits per heavy atom. The quantitative estimate of drug-likeness (QED) is 0.735. The molecule has 2 aliphatic carbocycles. The number of amides is 1. The van der Waals surface area contributed by atoms with Crippen LogP contribution in [-0.2, 0) is 11.2 Å². The number of nitrogens with zero attached hydrogens (tertiary/aromatic N) is 5. The number of aromatic nitrogens is 5. The molecule has 1 N–H and O–H groups in total. The van der Waals surface area contributed by atoms with Crippen molar-refractivity contribution in [1.29, 1.82) is 0 Å². The molecule has 3 heterocycles. The molecule has 0 unspecified atom stereocenters. The third-order valence-electron chi connectivity index (χ3n) is 7.19. The molecule has 4 atom stereocenters. The molecule has 2 aromatic heterocycles. The number of nitrogens with one attached hydrogen (secondary N) is 1. The van der Waals surface area contributed by atoms with Crippen molar-refractivity contribution < 1.29 is 9.53 Å². The van der Waals surface area contributed by atoms with E-state index in [9.17, 15) is 4.79 Å². The number of hydrogen-bond acceptors (Lipinski definition) is 5. The fourth-order valence-electron chi connectivity index (χ4n) is 5.28. The van der Waals surface area contributed by atoms with Crippen molar-refractivity contribution in [2.24, 2.45) is 23.7 Å². The van der Waals surface area contributed by atoms with Gasteiger partial charge in [0.1, 0.15) is 0 Å². The molecule has 3 fully saturated rings. The van der Waals surface area contributed by atoms with Gasteiger partial charge in [-0.15, -0.1) is 5.10 Å². The summed E-state index contributed by atoms with van der Waals surface area (Å²) in [5.74, 6) is 2.34. The summed E-state index contributed by atoms with van der Waals surface area (Å²) in [5.41, 5.74) is 2.58. The van der Waals surface area contributed by atoms with Crippen molar-refractivity contribution in [3.63, 3.8) is 0 Å². The summed E-state index contributed by atoms with van der Waals surface area (Å²) in [6.45, 7) is 8.77. The van der Waals surface area contributed by atoms with Crippen molar-refractivity contribution in [2.45, 2.75) is 65.0 Å². The van der Waals surface area contributed by atoms with Crippen LogP contribution >= 0.6 is 0 Å². The number of carbonyl (C=O) groups is 1. The Morgan fingerprint density at radius 3 is 2.71 bits per heavy atom. The third kappa shape index (κ3) is 4.40. The largest absolute Gasteiger partial charge is 0.376 e. The highest BCUT2D eigenvalue weighted by atomic mass is 16.5.